The Labute approximate surface area is 122 Å². The summed E-state index contributed by atoms with van der Waals surface area (Å²) in [6.07, 6.45) is 7.41. The van der Waals surface area contributed by atoms with Crippen molar-refractivity contribution >= 4 is 11.6 Å². The monoisotopic (exact) mass is 291 g/mol. The van der Waals surface area contributed by atoms with E-state index < -0.39 is 0 Å². The van der Waals surface area contributed by atoms with Gasteiger partial charge in [-0.05, 0) is 37.1 Å². The van der Waals surface area contributed by atoms with Crippen molar-refractivity contribution in [3.63, 3.8) is 0 Å². The van der Waals surface area contributed by atoms with E-state index in [2.05, 4.69) is 14.9 Å². The van der Waals surface area contributed by atoms with Crippen LogP contribution in [0.15, 0.2) is 36.8 Å². The van der Waals surface area contributed by atoms with Gasteiger partial charge in [-0.2, -0.15) is 0 Å². The molecule has 1 saturated heterocycles. The summed E-state index contributed by atoms with van der Waals surface area (Å²) in [6, 6.07) is 4.84. The van der Waals surface area contributed by atoms with Crippen molar-refractivity contribution in [2.75, 3.05) is 6.54 Å². The molecule has 1 atom stereocenters. The molecule has 0 unspecified atom stereocenters. The molecule has 1 aromatic heterocycles. The number of likely N-dealkylation sites (tertiary alicyclic amines) is 1. The predicted molar refractivity (Wildman–Crippen MR) is 75.8 cm³/mol. The van der Waals surface area contributed by atoms with Gasteiger partial charge in [0, 0.05) is 30.2 Å². The van der Waals surface area contributed by atoms with Crippen LogP contribution >= 0.6 is 11.6 Å². The summed E-state index contributed by atoms with van der Waals surface area (Å²) < 4.78 is 13.1. The third kappa shape index (κ3) is 2.81. The minimum atomic E-state index is -0.300. The van der Waals surface area contributed by atoms with Crippen LogP contribution in [0.2, 0.25) is 5.02 Å². The molecule has 3 rings (SSSR count). The molecule has 0 N–H and O–H groups in total. The second kappa shape index (κ2) is 5.85. The molecule has 2 aromatic rings. The first kappa shape index (κ1) is 13.5. The largest absolute Gasteiger partial charge is 0.290 e. The second-order valence-electron chi connectivity index (χ2n) is 4.99. The number of benzene rings is 1. The van der Waals surface area contributed by atoms with E-state index >= 15 is 0 Å². The highest BCUT2D eigenvalue weighted by molar-refractivity contribution is 6.31. The molecule has 0 saturated carbocycles. The van der Waals surface area contributed by atoms with E-state index in [0.29, 0.717) is 11.6 Å². The van der Waals surface area contributed by atoms with E-state index in [9.17, 15) is 4.39 Å². The second-order valence-corrected chi connectivity index (χ2v) is 5.40. The lowest BCUT2D eigenvalue weighted by Crippen LogP contribution is -2.23. The standard InChI is InChI=1S/C15H15ClFN3/c16-13-8-12(17)4-3-11(13)10-20-7-1-2-15(20)14-9-18-5-6-19-14/h3-6,8-9,15H,1-2,7,10H2/t15-/m0/s1. The predicted octanol–water partition coefficient (Wildman–Crippen LogP) is 3.61. The summed E-state index contributed by atoms with van der Waals surface area (Å²) in [6.45, 7) is 1.70. The van der Waals surface area contributed by atoms with Crippen LogP contribution in [0.25, 0.3) is 0 Å². The van der Waals surface area contributed by atoms with Gasteiger partial charge in [0.1, 0.15) is 5.82 Å². The molecule has 1 aliphatic rings. The maximum atomic E-state index is 13.1. The fraction of sp³-hybridized carbons (Fsp3) is 0.333. The maximum absolute atomic E-state index is 13.1. The van der Waals surface area contributed by atoms with Crippen LogP contribution in [0.3, 0.4) is 0 Å². The topological polar surface area (TPSA) is 29.0 Å². The van der Waals surface area contributed by atoms with Gasteiger partial charge in [0.15, 0.2) is 0 Å². The van der Waals surface area contributed by atoms with Gasteiger partial charge < -0.3 is 0 Å². The van der Waals surface area contributed by atoms with E-state index in [1.54, 1.807) is 18.5 Å². The van der Waals surface area contributed by atoms with Gasteiger partial charge in [0.05, 0.1) is 11.7 Å². The Hall–Kier alpha value is -1.52. The molecule has 20 heavy (non-hydrogen) atoms. The minimum Gasteiger partial charge on any atom is -0.290 e. The minimum absolute atomic E-state index is 0.268. The average Bonchev–Trinajstić information content (AvgIpc) is 2.91. The van der Waals surface area contributed by atoms with Crippen molar-refractivity contribution in [1.29, 1.82) is 0 Å². The van der Waals surface area contributed by atoms with Crippen LogP contribution in [0.5, 0.6) is 0 Å². The Morgan fingerprint density at radius 1 is 1.35 bits per heavy atom. The van der Waals surface area contributed by atoms with Crippen molar-refractivity contribution in [3.8, 4) is 0 Å². The number of aromatic nitrogens is 2. The fourth-order valence-electron chi connectivity index (χ4n) is 2.70. The first-order valence-corrected chi connectivity index (χ1v) is 7.06. The van der Waals surface area contributed by atoms with E-state index in [1.807, 2.05) is 6.20 Å². The van der Waals surface area contributed by atoms with Crippen LogP contribution in [0, 0.1) is 5.82 Å². The van der Waals surface area contributed by atoms with Gasteiger partial charge in [-0.25, -0.2) is 4.39 Å². The van der Waals surface area contributed by atoms with E-state index in [0.717, 1.165) is 30.6 Å². The molecule has 3 nitrogen and oxygen atoms in total. The SMILES string of the molecule is Fc1ccc(CN2CCC[C@H]2c2cnccn2)c(Cl)c1. The average molecular weight is 292 g/mol. The maximum Gasteiger partial charge on any atom is 0.124 e. The van der Waals surface area contributed by atoms with Crippen molar-refractivity contribution in [2.45, 2.75) is 25.4 Å². The highest BCUT2D eigenvalue weighted by atomic mass is 35.5. The number of rotatable bonds is 3. The molecule has 5 heteroatoms. The first-order chi connectivity index (χ1) is 9.74. The van der Waals surface area contributed by atoms with Gasteiger partial charge in [-0.1, -0.05) is 17.7 Å². The molecule has 1 aliphatic heterocycles. The molecule has 1 aromatic carbocycles. The van der Waals surface area contributed by atoms with Gasteiger partial charge in [-0.15, -0.1) is 0 Å². The van der Waals surface area contributed by atoms with Crippen LogP contribution in [-0.2, 0) is 6.54 Å². The zero-order chi connectivity index (χ0) is 13.9. The number of hydrogen-bond acceptors (Lipinski definition) is 3. The van der Waals surface area contributed by atoms with E-state index in [-0.39, 0.29) is 11.9 Å². The number of hydrogen-bond donors (Lipinski definition) is 0. The lowest BCUT2D eigenvalue weighted by molar-refractivity contribution is 0.244. The smallest absolute Gasteiger partial charge is 0.124 e. The third-order valence-corrected chi connectivity index (χ3v) is 4.03. The Morgan fingerprint density at radius 2 is 2.25 bits per heavy atom. The molecule has 0 amide bonds. The van der Waals surface area contributed by atoms with Crippen LogP contribution in [0.1, 0.15) is 30.1 Å². The summed E-state index contributed by atoms with van der Waals surface area (Å²) in [5, 5.41) is 0.481. The van der Waals surface area contributed by atoms with Crippen molar-refractivity contribution in [1.82, 2.24) is 14.9 Å². The van der Waals surface area contributed by atoms with Crippen LogP contribution in [0.4, 0.5) is 4.39 Å². The summed E-state index contributed by atoms with van der Waals surface area (Å²) in [5.41, 5.74) is 1.94. The molecular formula is C15H15ClFN3. The number of halogens is 2. The van der Waals surface area contributed by atoms with Crippen molar-refractivity contribution in [2.24, 2.45) is 0 Å². The lowest BCUT2D eigenvalue weighted by atomic mass is 10.1. The molecular weight excluding hydrogens is 277 g/mol. The summed E-state index contributed by atoms with van der Waals surface area (Å²) in [7, 11) is 0. The van der Waals surface area contributed by atoms with E-state index in [1.165, 1.54) is 12.1 Å². The van der Waals surface area contributed by atoms with E-state index in [4.69, 9.17) is 11.6 Å². The van der Waals surface area contributed by atoms with Crippen LogP contribution in [-0.4, -0.2) is 21.4 Å². The van der Waals surface area contributed by atoms with Gasteiger partial charge in [-0.3, -0.25) is 14.9 Å². The fourth-order valence-corrected chi connectivity index (χ4v) is 2.93. The van der Waals surface area contributed by atoms with Gasteiger partial charge >= 0.3 is 0 Å². The molecule has 0 bridgehead atoms. The molecule has 0 aliphatic carbocycles. The Balaban J connectivity index is 1.79. The molecule has 0 spiro atoms. The van der Waals surface area contributed by atoms with Gasteiger partial charge in [0.25, 0.3) is 0 Å². The Bertz CT molecular complexity index is 591. The van der Waals surface area contributed by atoms with Crippen molar-refractivity contribution < 1.29 is 4.39 Å². The molecule has 1 fully saturated rings. The first-order valence-electron chi connectivity index (χ1n) is 6.68. The zero-order valence-corrected chi connectivity index (χ0v) is 11.7. The third-order valence-electron chi connectivity index (χ3n) is 3.68. The molecule has 2 heterocycles. The quantitative estimate of drug-likeness (QED) is 0.865. The lowest BCUT2D eigenvalue weighted by Gasteiger charge is -2.24. The van der Waals surface area contributed by atoms with Gasteiger partial charge in [0.2, 0.25) is 0 Å². The summed E-state index contributed by atoms with van der Waals surface area (Å²) in [4.78, 5) is 10.8. The number of nitrogens with zero attached hydrogens (tertiary/aromatic N) is 3. The summed E-state index contributed by atoms with van der Waals surface area (Å²) >= 11 is 6.11. The highest BCUT2D eigenvalue weighted by Gasteiger charge is 2.27. The van der Waals surface area contributed by atoms with Crippen LogP contribution < -0.4 is 0 Å². The molecule has 0 radical (unpaired) electrons. The molecule has 104 valence electrons. The zero-order valence-electron chi connectivity index (χ0n) is 11.0. The van der Waals surface area contributed by atoms with Crippen molar-refractivity contribution in [3.05, 3.63) is 58.9 Å². The normalized spacial score (nSPS) is 19.4. The summed E-state index contributed by atoms with van der Waals surface area (Å²) in [5.74, 6) is -0.300. The Morgan fingerprint density at radius 3 is 3.00 bits per heavy atom. The highest BCUT2D eigenvalue weighted by Crippen LogP contribution is 2.32. The Kier molecular flexibility index (Phi) is 3.94.